The molecular formula is C21H38N2O5. The highest BCUT2D eigenvalue weighted by Gasteiger charge is 2.24. The van der Waals surface area contributed by atoms with Crippen molar-refractivity contribution in [3.8, 4) is 0 Å². The van der Waals surface area contributed by atoms with Crippen molar-refractivity contribution in [3.63, 3.8) is 0 Å². The molecule has 0 aliphatic heterocycles. The van der Waals surface area contributed by atoms with Crippen LogP contribution in [0, 0.1) is 11.3 Å². The Morgan fingerprint density at radius 2 is 1.71 bits per heavy atom. The first-order valence-electron chi connectivity index (χ1n) is 9.74. The van der Waals surface area contributed by atoms with Crippen molar-refractivity contribution in [2.75, 3.05) is 6.54 Å². The number of hydrogen-bond donors (Lipinski definition) is 4. The normalized spacial score (nSPS) is 12.6. The molecule has 4 N–H and O–H groups in total. The van der Waals surface area contributed by atoms with Crippen molar-refractivity contribution in [1.29, 1.82) is 0 Å². The number of carboxylic acids is 1. The average molecular weight is 399 g/mol. The van der Waals surface area contributed by atoms with Gasteiger partial charge in [-0.15, -0.1) is 0 Å². The molecule has 0 aliphatic rings. The van der Waals surface area contributed by atoms with E-state index in [2.05, 4.69) is 23.8 Å². The summed E-state index contributed by atoms with van der Waals surface area (Å²) in [7, 11) is 0. The van der Waals surface area contributed by atoms with E-state index in [0.717, 1.165) is 31.8 Å². The second-order valence-electron chi connectivity index (χ2n) is 7.39. The number of carbonyl (C=O) groups is 3. The first-order valence-corrected chi connectivity index (χ1v) is 9.74. The van der Waals surface area contributed by atoms with E-state index in [1.807, 2.05) is 27.7 Å². The largest absolute Gasteiger partial charge is 0.511 e. The summed E-state index contributed by atoms with van der Waals surface area (Å²) < 4.78 is 0. The number of carboxylic acid groups (broad SMARTS) is 1. The third-order valence-corrected chi connectivity index (χ3v) is 4.64. The lowest BCUT2D eigenvalue weighted by atomic mass is 9.89. The fourth-order valence-corrected chi connectivity index (χ4v) is 1.80. The molecule has 0 aromatic heterocycles. The number of amides is 2. The molecule has 0 heterocycles. The quantitative estimate of drug-likeness (QED) is 0.228. The maximum atomic E-state index is 11.9. The van der Waals surface area contributed by atoms with E-state index in [1.165, 1.54) is 0 Å². The lowest BCUT2D eigenvalue weighted by molar-refractivity contribution is -0.141. The van der Waals surface area contributed by atoms with Crippen molar-refractivity contribution in [3.05, 3.63) is 25.0 Å². The van der Waals surface area contributed by atoms with Gasteiger partial charge in [-0.3, -0.25) is 14.4 Å². The molecule has 28 heavy (non-hydrogen) atoms. The van der Waals surface area contributed by atoms with Gasteiger partial charge in [0.2, 0.25) is 11.8 Å². The molecule has 0 radical (unpaired) electrons. The molecule has 0 saturated carbocycles. The lowest BCUT2D eigenvalue weighted by Crippen LogP contribution is -2.37. The summed E-state index contributed by atoms with van der Waals surface area (Å²) in [5, 5.41) is 23.1. The predicted octanol–water partition coefficient (Wildman–Crippen LogP) is 3.57. The fraction of sp³-hybridized carbons (Fsp3) is 0.667. The van der Waals surface area contributed by atoms with Gasteiger partial charge in [-0.1, -0.05) is 47.8 Å². The Morgan fingerprint density at radius 3 is 2.07 bits per heavy atom. The molecule has 7 nitrogen and oxygen atoms in total. The number of rotatable bonds is 12. The van der Waals surface area contributed by atoms with Gasteiger partial charge in [0.25, 0.3) is 0 Å². The molecule has 2 amide bonds. The predicted molar refractivity (Wildman–Crippen MR) is 112 cm³/mol. The van der Waals surface area contributed by atoms with Crippen molar-refractivity contribution in [2.24, 2.45) is 11.3 Å². The molecule has 0 aromatic rings. The maximum Gasteiger partial charge on any atom is 0.306 e. The zero-order valence-corrected chi connectivity index (χ0v) is 18.0. The van der Waals surface area contributed by atoms with Crippen molar-refractivity contribution >= 4 is 17.8 Å². The van der Waals surface area contributed by atoms with Crippen LogP contribution in [0.4, 0.5) is 0 Å². The number of aliphatic hydroxyl groups excluding tert-OH is 1. The van der Waals surface area contributed by atoms with E-state index in [1.54, 1.807) is 6.92 Å². The molecule has 162 valence electrons. The molecule has 7 heteroatoms. The number of nitrogens with one attached hydrogen (secondary N) is 2. The van der Waals surface area contributed by atoms with Crippen LogP contribution in [0.25, 0.3) is 0 Å². The van der Waals surface area contributed by atoms with E-state index in [9.17, 15) is 19.5 Å². The van der Waals surface area contributed by atoms with Crippen LogP contribution in [0.5, 0.6) is 0 Å². The van der Waals surface area contributed by atoms with Gasteiger partial charge >= 0.3 is 5.97 Å². The molecule has 2 atom stereocenters. The average Bonchev–Trinajstić information content (AvgIpc) is 2.65. The van der Waals surface area contributed by atoms with Crippen LogP contribution in [0.1, 0.15) is 66.7 Å². The van der Waals surface area contributed by atoms with Crippen molar-refractivity contribution in [2.45, 2.75) is 72.8 Å². The van der Waals surface area contributed by atoms with Crippen LogP contribution in [0.15, 0.2) is 25.0 Å². The van der Waals surface area contributed by atoms with E-state index in [4.69, 9.17) is 5.11 Å². The molecular weight excluding hydrogens is 360 g/mol. The van der Waals surface area contributed by atoms with Crippen LogP contribution in [-0.2, 0) is 14.4 Å². The number of hydrogen-bond acceptors (Lipinski definition) is 4. The van der Waals surface area contributed by atoms with E-state index >= 15 is 0 Å². The molecule has 0 rings (SSSR count). The van der Waals surface area contributed by atoms with Crippen molar-refractivity contribution < 1.29 is 24.6 Å². The number of aliphatic hydroxyl groups is 1. The fourth-order valence-electron chi connectivity index (χ4n) is 1.80. The first-order chi connectivity index (χ1) is 12.9. The van der Waals surface area contributed by atoms with Gasteiger partial charge < -0.3 is 20.8 Å². The second kappa shape index (κ2) is 14.7. The lowest BCUT2D eigenvalue weighted by Gasteiger charge is -2.21. The summed E-state index contributed by atoms with van der Waals surface area (Å²) in [6.45, 7) is 16.8. The minimum atomic E-state index is -0.706. The van der Waals surface area contributed by atoms with Gasteiger partial charge in [-0.2, -0.15) is 0 Å². The Labute approximate surface area is 169 Å². The van der Waals surface area contributed by atoms with E-state index in [0.29, 0.717) is 13.0 Å². The van der Waals surface area contributed by atoms with Crippen LogP contribution in [0.2, 0.25) is 0 Å². The Bertz CT molecular complexity index is 529. The Hall–Kier alpha value is -2.31. The SMILES string of the molecule is C=CC(=O)NC(CCCCNC(=O)C(C)(C)CC)C(=C)O.CCC(C)C(=O)O. The van der Waals surface area contributed by atoms with Crippen LogP contribution < -0.4 is 10.6 Å². The smallest absolute Gasteiger partial charge is 0.306 e. The maximum absolute atomic E-state index is 11.9. The Balaban J connectivity index is 0. The summed E-state index contributed by atoms with van der Waals surface area (Å²) in [6, 6.07) is -0.474. The molecule has 0 spiro atoms. The Morgan fingerprint density at radius 1 is 1.14 bits per heavy atom. The monoisotopic (exact) mass is 398 g/mol. The molecule has 0 aliphatic carbocycles. The molecule has 0 bridgehead atoms. The molecule has 0 aromatic carbocycles. The second-order valence-corrected chi connectivity index (χ2v) is 7.39. The molecule has 0 fully saturated rings. The highest BCUT2D eigenvalue weighted by Crippen LogP contribution is 2.19. The third kappa shape index (κ3) is 12.9. The number of unbranched alkanes of at least 4 members (excludes halogenated alkanes) is 1. The third-order valence-electron chi connectivity index (χ3n) is 4.64. The van der Waals surface area contributed by atoms with E-state index < -0.39 is 12.0 Å². The molecule has 2 unspecified atom stereocenters. The first kappa shape index (κ1) is 27.9. The topological polar surface area (TPSA) is 116 Å². The molecule has 0 saturated heterocycles. The van der Waals surface area contributed by atoms with Gasteiger partial charge in [0, 0.05) is 12.0 Å². The summed E-state index contributed by atoms with van der Waals surface area (Å²) in [5.74, 6) is -1.25. The highest BCUT2D eigenvalue weighted by molar-refractivity contribution is 5.87. The number of carbonyl (C=O) groups excluding carboxylic acids is 2. The van der Waals surface area contributed by atoms with Gasteiger partial charge in [0.05, 0.1) is 12.0 Å². The zero-order chi connectivity index (χ0) is 22.3. The van der Waals surface area contributed by atoms with Crippen molar-refractivity contribution in [1.82, 2.24) is 10.6 Å². The standard InChI is InChI=1S/C16H28N2O3.C5H10O2/c1-6-14(20)18-13(12(3)19)10-8-9-11-17-15(21)16(4,5)7-2;1-3-4(2)5(6)7/h6,13,19H,1,3,7-11H2,2,4-5H3,(H,17,21)(H,18,20);4H,3H2,1-2H3,(H,6,7). The summed E-state index contributed by atoms with van der Waals surface area (Å²) in [5.41, 5.74) is -0.347. The zero-order valence-electron chi connectivity index (χ0n) is 18.0. The summed E-state index contributed by atoms with van der Waals surface area (Å²) >= 11 is 0. The van der Waals surface area contributed by atoms with Crippen LogP contribution in [0.3, 0.4) is 0 Å². The van der Waals surface area contributed by atoms with Crippen LogP contribution >= 0.6 is 0 Å². The van der Waals surface area contributed by atoms with Gasteiger partial charge in [0.1, 0.15) is 5.76 Å². The minimum Gasteiger partial charge on any atom is -0.511 e. The number of aliphatic carboxylic acids is 1. The van der Waals surface area contributed by atoms with Gasteiger partial charge in [0.15, 0.2) is 0 Å². The van der Waals surface area contributed by atoms with Crippen LogP contribution in [-0.4, -0.2) is 40.6 Å². The van der Waals surface area contributed by atoms with Gasteiger partial charge in [-0.05, 0) is 38.2 Å². The summed E-state index contributed by atoms with van der Waals surface area (Å²) in [4.78, 5) is 33.0. The Kier molecular flexibility index (Phi) is 14.7. The van der Waals surface area contributed by atoms with Gasteiger partial charge in [-0.25, -0.2) is 0 Å². The van der Waals surface area contributed by atoms with E-state index in [-0.39, 0.29) is 28.9 Å². The highest BCUT2D eigenvalue weighted by atomic mass is 16.4. The minimum absolute atomic E-state index is 0.0491. The summed E-state index contributed by atoms with van der Waals surface area (Å²) in [6.07, 6.45) is 4.77.